The molecular formula is C19H35NO4S2. The van der Waals surface area contributed by atoms with Gasteiger partial charge in [-0.2, -0.15) is 16.8 Å². The molecule has 2 aliphatic rings. The van der Waals surface area contributed by atoms with Crippen LogP contribution in [0.15, 0.2) is 0 Å². The Bertz CT molecular complexity index is 718. The highest BCUT2D eigenvalue weighted by molar-refractivity contribution is 7.73. The first-order chi connectivity index (χ1) is 11.8. The fraction of sp³-hybridized carbons (Fsp3) is 0.895. The van der Waals surface area contributed by atoms with E-state index in [9.17, 15) is 16.8 Å². The standard InChI is InChI=1S/C10H16O4S2.C9H19N/c1-7-3-4-9(5-10(7)16(13)14)8(2)6-15(11)12;1-8(2)6-5-7-9(3,4)10-8/h6-9H,3-5H2,1-2H3;10H,5-7H2,1-4H3. The molecule has 0 spiro atoms. The first-order valence-electron chi connectivity index (χ1n) is 9.50. The quantitative estimate of drug-likeness (QED) is 0.714. The van der Waals surface area contributed by atoms with E-state index in [0.717, 1.165) is 12.8 Å². The van der Waals surface area contributed by atoms with Gasteiger partial charge in [0, 0.05) is 16.4 Å². The molecule has 1 saturated carbocycles. The number of hydrogen-bond donors (Lipinski definition) is 1. The molecule has 7 heteroatoms. The maximum Gasteiger partial charge on any atom is 0.213 e. The van der Waals surface area contributed by atoms with Crippen molar-refractivity contribution >= 4 is 30.8 Å². The molecular weight excluding hydrogens is 370 g/mol. The summed E-state index contributed by atoms with van der Waals surface area (Å²) in [5, 5.41) is 4.89. The summed E-state index contributed by atoms with van der Waals surface area (Å²) in [6, 6.07) is 0. The lowest BCUT2D eigenvalue weighted by Crippen LogP contribution is -2.55. The minimum absolute atomic E-state index is 0.0932. The van der Waals surface area contributed by atoms with Gasteiger partial charge in [-0.15, -0.1) is 0 Å². The van der Waals surface area contributed by atoms with Crippen LogP contribution in [0.4, 0.5) is 0 Å². The summed E-state index contributed by atoms with van der Waals surface area (Å²) in [5.41, 5.74) is 0.726. The summed E-state index contributed by atoms with van der Waals surface area (Å²) >= 11 is 0. The lowest BCUT2D eigenvalue weighted by atomic mass is 9.77. The first kappa shape index (κ1) is 23.4. The molecule has 1 N–H and O–H groups in total. The molecule has 26 heavy (non-hydrogen) atoms. The van der Waals surface area contributed by atoms with Crippen molar-refractivity contribution < 1.29 is 16.8 Å². The molecule has 1 heterocycles. The Morgan fingerprint density at radius 3 is 1.96 bits per heavy atom. The second kappa shape index (κ2) is 9.51. The van der Waals surface area contributed by atoms with Crippen LogP contribution >= 0.6 is 0 Å². The zero-order valence-corrected chi connectivity index (χ0v) is 18.6. The predicted molar refractivity (Wildman–Crippen MR) is 110 cm³/mol. The average molecular weight is 406 g/mol. The fourth-order valence-electron chi connectivity index (χ4n) is 4.17. The van der Waals surface area contributed by atoms with E-state index in [4.69, 9.17) is 0 Å². The van der Waals surface area contributed by atoms with E-state index in [1.54, 1.807) is 0 Å². The monoisotopic (exact) mass is 405 g/mol. The molecule has 0 amide bonds. The van der Waals surface area contributed by atoms with Gasteiger partial charge >= 0.3 is 0 Å². The van der Waals surface area contributed by atoms with Crippen molar-refractivity contribution in [3.05, 3.63) is 0 Å². The van der Waals surface area contributed by atoms with Crippen molar-refractivity contribution in [1.82, 2.24) is 5.32 Å². The van der Waals surface area contributed by atoms with Crippen LogP contribution < -0.4 is 5.32 Å². The molecule has 3 atom stereocenters. The highest BCUT2D eigenvalue weighted by Gasteiger charge is 2.31. The Labute approximate surface area is 162 Å². The summed E-state index contributed by atoms with van der Waals surface area (Å²) in [7, 11) is -4.30. The summed E-state index contributed by atoms with van der Waals surface area (Å²) in [5.74, 6) is 0.130. The van der Waals surface area contributed by atoms with Crippen LogP contribution in [0, 0.1) is 17.8 Å². The van der Waals surface area contributed by atoms with Crippen molar-refractivity contribution in [2.45, 2.75) is 91.1 Å². The van der Waals surface area contributed by atoms with Crippen LogP contribution in [0.2, 0.25) is 0 Å². The van der Waals surface area contributed by atoms with Crippen LogP contribution in [-0.2, 0) is 20.6 Å². The van der Waals surface area contributed by atoms with Crippen molar-refractivity contribution in [3.63, 3.8) is 0 Å². The van der Waals surface area contributed by atoms with E-state index >= 15 is 0 Å². The third kappa shape index (κ3) is 7.92. The lowest BCUT2D eigenvalue weighted by molar-refractivity contribution is 0.183. The van der Waals surface area contributed by atoms with Gasteiger partial charge in [0.15, 0.2) is 0 Å². The fourth-order valence-corrected chi connectivity index (χ4v) is 5.54. The molecule has 0 radical (unpaired) electrons. The van der Waals surface area contributed by atoms with Crippen molar-refractivity contribution in [1.29, 1.82) is 0 Å². The second-order valence-electron chi connectivity index (χ2n) is 9.15. The number of piperidine rings is 1. The minimum Gasteiger partial charge on any atom is -0.307 e. The summed E-state index contributed by atoms with van der Waals surface area (Å²) in [6.07, 6.45) is 6.19. The van der Waals surface area contributed by atoms with Gasteiger partial charge in [0.25, 0.3) is 0 Å². The molecule has 0 aromatic heterocycles. The Balaban J connectivity index is 0.000000289. The van der Waals surface area contributed by atoms with E-state index in [0.29, 0.717) is 22.4 Å². The average Bonchev–Trinajstić information content (AvgIpc) is 2.44. The van der Waals surface area contributed by atoms with Crippen molar-refractivity contribution in [2.24, 2.45) is 17.8 Å². The zero-order valence-electron chi connectivity index (χ0n) is 17.0. The Hall–Kier alpha value is -0.660. The van der Waals surface area contributed by atoms with E-state index < -0.39 is 20.6 Å². The zero-order chi connectivity index (χ0) is 20.1. The Kier molecular flexibility index (Phi) is 8.55. The Morgan fingerprint density at radius 1 is 1.04 bits per heavy atom. The van der Waals surface area contributed by atoms with E-state index in [1.807, 2.05) is 13.8 Å². The molecule has 1 aliphatic heterocycles. The van der Waals surface area contributed by atoms with Gasteiger partial charge < -0.3 is 5.32 Å². The van der Waals surface area contributed by atoms with Gasteiger partial charge in [-0.05, 0) is 84.0 Å². The molecule has 1 saturated heterocycles. The van der Waals surface area contributed by atoms with Crippen LogP contribution in [0.3, 0.4) is 0 Å². The molecule has 0 aromatic carbocycles. The molecule has 152 valence electrons. The van der Waals surface area contributed by atoms with Crippen LogP contribution in [0.5, 0.6) is 0 Å². The molecule has 2 rings (SSSR count). The van der Waals surface area contributed by atoms with Crippen molar-refractivity contribution in [3.8, 4) is 0 Å². The van der Waals surface area contributed by atoms with Crippen LogP contribution in [-0.4, -0.2) is 38.1 Å². The molecule has 2 fully saturated rings. The number of hydrogen-bond acceptors (Lipinski definition) is 5. The molecule has 0 aromatic rings. The van der Waals surface area contributed by atoms with Crippen molar-refractivity contribution in [2.75, 3.05) is 0 Å². The van der Waals surface area contributed by atoms with Gasteiger partial charge in [-0.3, -0.25) is 0 Å². The SMILES string of the molecule is CC1(C)CCCC(C)(C)N1.CC1CCC(C(C)C=S(=O)=O)CC1=S(=O)=O. The Morgan fingerprint density at radius 2 is 1.58 bits per heavy atom. The summed E-state index contributed by atoms with van der Waals surface area (Å²) in [6.45, 7) is 12.9. The van der Waals surface area contributed by atoms with Crippen LogP contribution in [0.25, 0.3) is 0 Å². The largest absolute Gasteiger partial charge is 0.307 e. The highest BCUT2D eigenvalue weighted by atomic mass is 32.2. The van der Waals surface area contributed by atoms with Gasteiger partial charge in [0.2, 0.25) is 20.6 Å². The molecule has 3 unspecified atom stereocenters. The maximum atomic E-state index is 11.0. The van der Waals surface area contributed by atoms with Gasteiger partial charge in [0.05, 0.1) is 4.86 Å². The van der Waals surface area contributed by atoms with Gasteiger partial charge in [0.1, 0.15) is 0 Å². The van der Waals surface area contributed by atoms with E-state index in [-0.39, 0.29) is 17.8 Å². The maximum absolute atomic E-state index is 11.0. The third-order valence-electron chi connectivity index (χ3n) is 5.55. The van der Waals surface area contributed by atoms with Gasteiger partial charge in [-0.1, -0.05) is 13.8 Å². The summed E-state index contributed by atoms with van der Waals surface area (Å²) < 4.78 is 43.1. The number of rotatable bonds is 2. The van der Waals surface area contributed by atoms with E-state index in [2.05, 4.69) is 33.0 Å². The number of nitrogens with one attached hydrogen (secondary N) is 1. The normalized spacial score (nSPS) is 28.3. The van der Waals surface area contributed by atoms with Crippen LogP contribution in [0.1, 0.15) is 80.1 Å². The summed E-state index contributed by atoms with van der Waals surface area (Å²) in [4.78, 5) is 0.535. The molecule has 0 bridgehead atoms. The first-order valence-corrected chi connectivity index (χ1v) is 11.7. The highest BCUT2D eigenvalue weighted by Crippen LogP contribution is 2.30. The molecule has 5 nitrogen and oxygen atoms in total. The predicted octanol–water partition coefficient (Wildman–Crippen LogP) is 3.11. The van der Waals surface area contributed by atoms with Gasteiger partial charge in [-0.25, -0.2) is 0 Å². The smallest absolute Gasteiger partial charge is 0.213 e. The van der Waals surface area contributed by atoms with E-state index in [1.165, 1.54) is 24.6 Å². The molecule has 1 aliphatic carbocycles. The second-order valence-corrected chi connectivity index (χ2v) is 10.9. The third-order valence-corrected chi connectivity index (χ3v) is 7.20. The topological polar surface area (TPSA) is 80.3 Å². The minimum atomic E-state index is -2.17. The lowest BCUT2D eigenvalue weighted by Gasteiger charge is -2.42.